The fourth-order valence-corrected chi connectivity index (χ4v) is 4.08. The van der Waals surface area contributed by atoms with Gasteiger partial charge in [-0.1, -0.05) is 32.4 Å². The molecule has 130 valence electrons. The van der Waals surface area contributed by atoms with Crippen LogP contribution in [0.5, 0.6) is 0 Å². The van der Waals surface area contributed by atoms with Crippen LogP contribution >= 0.6 is 0 Å². The zero-order valence-electron chi connectivity index (χ0n) is 15.0. The zero-order valence-corrected chi connectivity index (χ0v) is 15.0. The summed E-state index contributed by atoms with van der Waals surface area (Å²) in [4.78, 5) is 4.87. The van der Waals surface area contributed by atoms with Gasteiger partial charge in [-0.25, -0.2) is 4.98 Å². The van der Waals surface area contributed by atoms with Gasteiger partial charge in [-0.15, -0.1) is 0 Å². The summed E-state index contributed by atoms with van der Waals surface area (Å²) in [5.41, 5.74) is 10.2. The molecule has 0 amide bonds. The average molecular weight is 334 g/mol. The predicted octanol–water partition coefficient (Wildman–Crippen LogP) is 5.50. The van der Waals surface area contributed by atoms with Crippen LogP contribution in [0.3, 0.4) is 0 Å². The highest BCUT2D eigenvalue weighted by Crippen LogP contribution is 2.43. The molecule has 1 heterocycles. The van der Waals surface area contributed by atoms with Crippen LogP contribution < -0.4 is 11.1 Å². The lowest BCUT2D eigenvalue weighted by Crippen LogP contribution is -2.25. The first-order valence-electron chi connectivity index (χ1n) is 9.11. The molecule has 1 aliphatic carbocycles. The Bertz CT molecular complexity index is 877. The first-order valence-corrected chi connectivity index (χ1v) is 9.11. The molecule has 1 fully saturated rings. The minimum atomic E-state index is 0.382. The van der Waals surface area contributed by atoms with E-state index in [0.29, 0.717) is 11.5 Å². The van der Waals surface area contributed by atoms with Crippen molar-refractivity contribution in [3.05, 3.63) is 48.5 Å². The maximum atomic E-state index is 5.81. The molecule has 0 spiro atoms. The average Bonchev–Trinajstić information content (AvgIpc) is 2.94. The van der Waals surface area contributed by atoms with Gasteiger partial charge in [0.15, 0.2) is 0 Å². The predicted molar refractivity (Wildman–Crippen MR) is 105 cm³/mol. The van der Waals surface area contributed by atoms with E-state index in [1.54, 1.807) is 0 Å². The molecule has 0 aliphatic heterocycles. The number of fused-ring (bicyclic) bond motifs is 1. The molecular formula is C21H26N4. The monoisotopic (exact) mass is 334 g/mol. The Morgan fingerprint density at radius 1 is 1.12 bits per heavy atom. The van der Waals surface area contributed by atoms with Crippen molar-refractivity contribution < 1.29 is 0 Å². The van der Waals surface area contributed by atoms with Crippen LogP contribution in [0.2, 0.25) is 0 Å². The minimum absolute atomic E-state index is 0.382. The number of nitrogens with two attached hydrogens (primary N) is 1. The Hall–Kier alpha value is -2.49. The maximum absolute atomic E-state index is 5.81. The minimum Gasteiger partial charge on any atom is -0.399 e. The van der Waals surface area contributed by atoms with E-state index in [-0.39, 0.29) is 0 Å². The van der Waals surface area contributed by atoms with E-state index in [4.69, 9.17) is 10.7 Å². The van der Waals surface area contributed by atoms with Gasteiger partial charge in [0, 0.05) is 17.4 Å². The molecule has 4 rings (SSSR count). The molecule has 0 saturated heterocycles. The van der Waals surface area contributed by atoms with E-state index >= 15 is 0 Å². The topological polar surface area (TPSA) is 55.9 Å². The first kappa shape index (κ1) is 16.0. The number of nitrogens with zero attached hydrogens (tertiary/aromatic N) is 2. The summed E-state index contributed by atoms with van der Waals surface area (Å²) in [6.45, 7) is 4.76. The Morgan fingerprint density at radius 2 is 1.88 bits per heavy atom. The molecule has 1 unspecified atom stereocenters. The van der Waals surface area contributed by atoms with Crippen LogP contribution in [0.25, 0.3) is 11.0 Å². The van der Waals surface area contributed by atoms with Gasteiger partial charge in [-0.05, 0) is 61.1 Å². The fourth-order valence-electron chi connectivity index (χ4n) is 4.08. The van der Waals surface area contributed by atoms with Crippen molar-refractivity contribution in [2.45, 2.75) is 45.6 Å². The van der Waals surface area contributed by atoms with E-state index in [0.717, 1.165) is 22.8 Å². The zero-order chi connectivity index (χ0) is 17.4. The fraction of sp³-hybridized carbons (Fsp3) is 0.381. The number of hydrogen-bond acceptors (Lipinski definition) is 3. The lowest BCUT2D eigenvalue weighted by molar-refractivity contribution is 0.187. The molecule has 1 atom stereocenters. The molecule has 0 radical (unpaired) electrons. The number of nitrogens with one attached hydrogen (secondary N) is 1. The Kier molecular flexibility index (Phi) is 3.91. The third kappa shape index (κ3) is 3.21. The van der Waals surface area contributed by atoms with Crippen LogP contribution in [0.4, 0.5) is 17.3 Å². The number of aromatic nitrogens is 2. The van der Waals surface area contributed by atoms with Crippen molar-refractivity contribution in [2.75, 3.05) is 11.1 Å². The van der Waals surface area contributed by atoms with Gasteiger partial charge in [0.1, 0.15) is 0 Å². The summed E-state index contributed by atoms with van der Waals surface area (Å²) in [7, 11) is 0. The quantitative estimate of drug-likeness (QED) is 0.622. The number of para-hydroxylation sites is 2. The molecule has 1 saturated carbocycles. The lowest BCUT2D eigenvalue weighted by atomic mass is 9.75. The lowest BCUT2D eigenvalue weighted by Gasteiger charge is -2.36. The molecule has 3 N–H and O–H groups in total. The normalized spacial score (nSPS) is 19.8. The third-order valence-corrected chi connectivity index (χ3v) is 5.31. The van der Waals surface area contributed by atoms with E-state index in [9.17, 15) is 0 Å². The smallest absolute Gasteiger partial charge is 0.208 e. The number of rotatable bonds is 3. The van der Waals surface area contributed by atoms with Crippen LogP contribution in [-0.4, -0.2) is 9.55 Å². The van der Waals surface area contributed by atoms with Gasteiger partial charge in [0.05, 0.1) is 11.0 Å². The molecule has 4 nitrogen and oxygen atoms in total. The first-order chi connectivity index (χ1) is 12.0. The number of anilines is 3. The van der Waals surface area contributed by atoms with E-state index in [1.165, 1.54) is 31.2 Å². The van der Waals surface area contributed by atoms with Crippen LogP contribution in [0.15, 0.2) is 48.5 Å². The molecular weight excluding hydrogens is 308 g/mol. The summed E-state index contributed by atoms with van der Waals surface area (Å²) in [5, 5.41) is 3.51. The number of benzene rings is 2. The van der Waals surface area contributed by atoms with Crippen molar-refractivity contribution >= 4 is 28.4 Å². The summed E-state index contributed by atoms with van der Waals surface area (Å²) >= 11 is 0. The molecule has 2 aromatic carbocycles. The standard InChI is InChI=1S/C21H26N4/c1-21(2)13-5-6-17(14-21)25-19-8-4-3-7-18(19)24-20(25)23-16-11-9-15(22)10-12-16/h3-4,7-12,17H,5-6,13-14,22H2,1-2H3,(H,23,24). The van der Waals surface area contributed by atoms with E-state index in [1.807, 2.05) is 24.3 Å². The van der Waals surface area contributed by atoms with Crippen molar-refractivity contribution in [3.8, 4) is 0 Å². The highest BCUT2D eigenvalue weighted by atomic mass is 15.2. The Balaban J connectivity index is 1.76. The molecule has 0 bridgehead atoms. The number of nitrogen functional groups attached to an aromatic ring is 1. The van der Waals surface area contributed by atoms with Gasteiger partial charge in [0.25, 0.3) is 0 Å². The molecule has 1 aliphatic rings. The summed E-state index contributed by atoms with van der Waals surface area (Å²) in [6.07, 6.45) is 4.96. The summed E-state index contributed by atoms with van der Waals surface area (Å²) < 4.78 is 2.41. The third-order valence-electron chi connectivity index (χ3n) is 5.31. The van der Waals surface area contributed by atoms with Crippen molar-refractivity contribution in [1.82, 2.24) is 9.55 Å². The Labute approximate surface area is 149 Å². The summed E-state index contributed by atoms with van der Waals surface area (Å²) in [5.74, 6) is 0.925. The van der Waals surface area contributed by atoms with Gasteiger partial charge < -0.3 is 15.6 Å². The largest absolute Gasteiger partial charge is 0.399 e. The summed E-state index contributed by atoms with van der Waals surface area (Å²) in [6, 6.07) is 16.7. The van der Waals surface area contributed by atoms with Crippen molar-refractivity contribution in [1.29, 1.82) is 0 Å². The molecule has 3 aromatic rings. The maximum Gasteiger partial charge on any atom is 0.208 e. The van der Waals surface area contributed by atoms with E-state index in [2.05, 4.69) is 48.0 Å². The van der Waals surface area contributed by atoms with Crippen molar-refractivity contribution in [3.63, 3.8) is 0 Å². The molecule has 25 heavy (non-hydrogen) atoms. The molecule has 4 heteroatoms. The second-order valence-electron chi connectivity index (χ2n) is 7.96. The van der Waals surface area contributed by atoms with E-state index < -0.39 is 0 Å². The Morgan fingerprint density at radius 3 is 2.64 bits per heavy atom. The highest BCUT2D eigenvalue weighted by Gasteiger charge is 2.31. The number of imidazole rings is 1. The van der Waals surface area contributed by atoms with Gasteiger partial charge in [-0.2, -0.15) is 0 Å². The van der Waals surface area contributed by atoms with Gasteiger partial charge in [0.2, 0.25) is 5.95 Å². The van der Waals surface area contributed by atoms with Crippen LogP contribution in [0.1, 0.15) is 45.6 Å². The van der Waals surface area contributed by atoms with Crippen LogP contribution in [-0.2, 0) is 0 Å². The van der Waals surface area contributed by atoms with Crippen LogP contribution in [0, 0.1) is 5.41 Å². The molecule has 1 aromatic heterocycles. The van der Waals surface area contributed by atoms with Gasteiger partial charge in [-0.3, -0.25) is 0 Å². The SMILES string of the molecule is CC1(C)CCCC(n2c(Nc3ccc(N)cc3)nc3ccccc32)C1. The second kappa shape index (κ2) is 6.10. The number of hydrogen-bond donors (Lipinski definition) is 2. The van der Waals surface area contributed by atoms with Crippen molar-refractivity contribution in [2.24, 2.45) is 5.41 Å². The van der Waals surface area contributed by atoms with Gasteiger partial charge >= 0.3 is 0 Å². The highest BCUT2D eigenvalue weighted by molar-refractivity contribution is 5.80. The second-order valence-corrected chi connectivity index (χ2v) is 7.96.